The van der Waals surface area contributed by atoms with E-state index in [1.165, 1.54) is 22.3 Å². The highest BCUT2D eigenvalue weighted by atomic mass is 16.5. The van der Waals surface area contributed by atoms with Gasteiger partial charge in [-0.05, 0) is 124 Å². The molecule has 100 heavy (non-hydrogen) atoms. The van der Waals surface area contributed by atoms with Crippen molar-refractivity contribution in [3.8, 4) is 46.0 Å². The Balaban J connectivity index is 1.18. The van der Waals surface area contributed by atoms with E-state index < -0.39 is 0 Å². The summed E-state index contributed by atoms with van der Waals surface area (Å²) in [6.45, 7) is 32.1. The van der Waals surface area contributed by atoms with Crippen molar-refractivity contribution < 1.29 is 37.9 Å². The van der Waals surface area contributed by atoms with Crippen molar-refractivity contribution in [2.24, 2.45) is 23.7 Å². The van der Waals surface area contributed by atoms with Crippen molar-refractivity contribution in [3.05, 3.63) is 235 Å². The first-order valence-corrected chi connectivity index (χ1v) is 37.0. The summed E-state index contributed by atoms with van der Waals surface area (Å²) < 4.78 is 58.6. The molecule has 1 aliphatic carbocycles. The highest BCUT2D eigenvalue weighted by molar-refractivity contribution is 5.70. The molecule has 5 aliphatic rings. The molecule has 12 nitrogen and oxygen atoms in total. The van der Waals surface area contributed by atoms with Gasteiger partial charge in [0.2, 0.25) is 0 Å². The summed E-state index contributed by atoms with van der Waals surface area (Å²) in [5.41, 5.74) is 18.1. The third kappa shape index (κ3) is 13.7. The number of methoxy groups -OCH3 is 4. The maximum absolute atomic E-state index is 7.54. The fourth-order valence-corrected chi connectivity index (χ4v) is 17.2. The molecule has 8 aromatic rings. The molecule has 0 aromatic heterocycles. The quantitative estimate of drug-likeness (QED) is 0.0728. The molecule has 0 saturated carbocycles. The molecule has 4 aliphatic heterocycles. The Morgan fingerprint density at radius 2 is 0.480 bits per heavy atom. The van der Waals surface area contributed by atoms with Gasteiger partial charge < -0.3 is 37.9 Å². The zero-order valence-corrected chi connectivity index (χ0v) is 62.3. The number of hydrogen-bond donors (Lipinski definition) is 0. The Labute approximate surface area is 596 Å². The molecular weight excluding hydrogens is 1240 g/mol. The first-order valence-electron chi connectivity index (χ1n) is 37.0. The van der Waals surface area contributed by atoms with Gasteiger partial charge in [0, 0.05) is 119 Å². The topological polar surface area (TPSA) is 86.8 Å². The number of fused-ring (bicyclic) bond motifs is 16. The fraction of sp³-hybridized carbons (Fsp3) is 0.455. The van der Waals surface area contributed by atoms with Gasteiger partial charge in [-0.1, -0.05) is 177 Å². The van der Waals surface area contributed by atoms with E-state index in [2.05, 4.69) is 248 Å². The van der Waals surface area contributed by atoms with Crippen LogP contribution in [0.4, 0.5) is 0 Å². The molecule has 8 aromatic carbocycles. The monoisotopic (exact) mass is 1350 g/mol. The molecule has 4 unspecified atom stereocenters. The minimum atomic E-state index is -0.229. The highest BCUT2D eigenvalue weighted by Crippen LogP contribution is 2.60. The van der Waals surface area contributed by atoms with Crippen molar-refractivity contribution >= 4 is 0 Å². The lowest BCUT2D eigenvalue weighted by Crippen LogP contribution is -2.36. The zero-order chi connectivity index (χ0) is 70.2. The zero-order valence-electron chi connectivity index (χ0n) is 62.3. The number of rotatable bonds is 20. The SMILES string of the molecule is COc1c2cc(c3c1CN([C@@H](C)c1ccccc1)CO3)C(CC(C)C)c1cc(c3c(c1OC)CN([C@@H](C)c1ccccc1)CO3)C(CC(C)C)c1cc(c3c(c1OC)CN([C@@H](C)c1ccccc1)CO3)C(CC(C)C)c1cc(c3c(c1OC)CN([C@@H](C)c1ccccc1)CO3)C2CC(C)C. The molecule has 528 valence electrons. The van der Waals surface area contributed by atoms with Gasteiger partial charge in [0.1, 0.15) is 72.9 Å². The summed E-state index contributed by atoms with van der Waals surface area (Å²) in [6.07, 6.45) is 3.19. The van der Waals surface area contributed by atoms with Crippen molar-refractivity contribution in [2.45, 2.75) is 183 Å². The van der Waals surface area contributed by atoms with Crippen molar-refractivity contribution in [1.29, 1.82) is 0 Å². The Bertz CT molecular complexity index is 3520. The molecule has 8 bridgehead atoms. The van der Waals surface area contributed by atoms with Gasteiger partial charge in [0.15, 0.2) is 0 Å². The van der Waals surface area contributed by atoms with Gasteiger partial charge >= 0.3 is 0 Å². The number of ether oxygens (including phenoxy) is 8. The second-order valence-electron chi connectivity index (χ2n) is 30.7. The summed E-state index contributed by atoms with van der Waals surface area (Å²) >= 11 is 0. The summed E-state index contributed by atoms with van der Waals surface area (Å²) in [5.74, 6) is 7.01. The minimum Gasteiger partial charge on any atom is -0.496 e. The van der Waals surface area contributed by atoms with Crippen LogP contribution in [0.2, 0.25) is 0 Å². The van der Waals surface area contributed by atoms with Gasteiger partial charge in [-0.3, -0.25) is 19.6 Å². The first-order chi connectivity index (χ1) is 48.4. The van der Waals surface area contributed by atoms with Crippen LogP contribution in [0.25, 0.3) is 0 Å². The molecule has 12 heteroatoms. The lowest BCUT2D eigenvalue weighted by Gasteiger charge is -2.41. The number of benzene rings is 8. The van der Waals surface area contributed by atoms with Crippen LogP contribution in [0, 0.1) is 23.7 Å². The van der Waals surface area contributed by atoms with E-state index in [0.29, 0.717) is 53.1 Å². The molecule has 0 radical (unpaired) electrons. The maximum atomic E-state index is 7.54. The van der Waals surface area contributed by atoms with Gasteiger partial charge in [-0.25, -0.2) is 0 Å². The van der Waals surface area contributed by atoms with E-state index in [9.17, 15) is 0 Å². The summed E-state index contributed by atoms with van der Waals surface area (Å²) in [5, 5.41) is 0. The molecule has 0 fully saturated rings. The average molecular weight is 1350 g/mol. The predicted octanol–water partition coefficient (Wildman–Crippen LogP) is 20.4. The molecule has 0 N–H and O–H groups in total. The van der Waals surface area contributed by atoms with E-state index in [-0.39, 0.29) is 71.5 Å². The average Bonchev–Trinajstić information content (AvgIpc) is 0.725. The van der Waals surface area contributed by atoms with E-state index in [4.69, 9.17) is 37.9 Å². The van der Waals surface area contributed by atoms with E-state index >= 15 is 0 Å². The van der Waals surface area contributed by atoms with Crippen LogP contribution in [0.1, 0.15) is 246 Å². The van der Waals surface area contributed by atoms with Crippen LogP contribution in [0.3, 0.4) is 0 Å². The Kier molecular flexibility index (Phi) is 21.3. The molecule has 4 heterocycles. The van der Waals surface area contributed by atoms with Crippen molar-refractivity contribution in [3.63, 3.8) is 0 Å². The normalized spacial score (nSPS) is 19.8. The first kappa shape index (κ1) is 70.4. The van der Waals surface area contributed by atoms with Crippen molar-refractivity contribution in [1.82, 2.24) is 19.6 Å². The highest BCUT2D eigenvalue weighted by Gasteiger charge is 2.44. The summed E-state index contributed by atoms with van der Waals surface area (Å²) in [4.78, 5) is 9.85. The smallest absolute Gasteiger partial charge is 0.142 e. The Morgan fingerprint density at radius 1 is 0.290 bits per heavy atom. The molecule has 13 rings (SSSR count). The molecular formula is C88H108N4O8. The van der Waals surface area contributed by atoms with Crippen LogP contribution in [-0.4, -0.2) is 75.0 Å². The second-order valence-corrected chi connectivity index (χ2v) is 30.7. The summed E-state index contributed by atoms with van der Waals surface area (Å²) in [6, 6.07) is 53.6. The lowest BCUT2D eigenvalue weighted by atomic mass is 9.73. The molecule has 8 atom stereocenters. The lowest BCUT2D eigenvalue weighted by molar-refractivity contribution is 0.0580. The van der Waals surface area contributed by atoms with Crippen LogP contribution < -0.4 is 37.9 Å². The largest absolute Gasteiger partial charge is 0.496 e. The van der Waals surface area contributed by atoms with Crippen molar-refractivity contribution in [2.75, 3.05) is 55.4 Å². The fourth-order valence-electron chi connectivity index (χ4n) is 17.2. The molecule has 0 saturated heterocycles. The standard InChI is InChI=1S/C88H108N4O8/c1-53(2)37-65-69-41-74(86-77(81(69)93-13)45-89(50-98-86)57(9)61-29-21-17-22-30-61)67(39-55(5)6)71-43-76(88-79(83(71)95-15)47-91(52-100-88)59(11)63-33-25-19-26-34-63)68(40-56(7)8)72-44-75(87-80(84(72)96-16)48-92(51-99-87)60(12)64-35-27-20-28-36-64)66(38-54(3)4)70-42-73(65)85-78(82(70)94-14)46-90(49-97-85)58(10)62-31-23-18-24-32-62/h17-36,41-44,53-60,65-68H,37-40,45-52H2,1-16H3/t57-,58-,59-,60-,65?,66?,67?,68?/m0/s1. The van der Waals surface area contributed by atoms with Crippen LogP contribution in [0.15, 0.2) is 146 Å². The van der Waals surface area contributed by atoms with Gasteiger partial charge in [-0.2, -0.15) is 0 Å². The number of nitrogens with zero attached hydrogens (tertiary/aromatic N) is 4. The molecule has 0 amide bonds. The van der Waals surface area contributed by atoms with E-state index in [1.54, 1.807) is 0 Å². The van der Waals surface area contributed by atoms with Crippen LogP contribution in [-0.2, 0) is 26.2 Å². The summed E-state index contributed by atoms with van der Waals surface area (Å²) in [7, 11) is 7.49. The van der Waals surface area contributed by atoms with E-state index in [0.717, 1.165) is 138 Å². The third-order valence-electron chi connectivity index (χ3n) is 22.4. The second kappa shape index (κ2) is 30.3. The van der Waals surface area contributed by atoms with E-state index in [1.807, 2.05) is 28.4 Å². The maximum Gasteiger partial charge on any atom is 0.142 e. The van der Waals surface area contributed by atoms with Gasteiger partial charge in [0.25, 0.3) is 0 Å². The Morgan fingerprint density at radius 3 is 0.650 bits per heavy atom. The number of hydrogen-bond acceptors (Lipinski definition) is 12. The van der Waals surface area contributed by atoms with Gasteiger partial charge in [0.05, 0.1) is 50.7 Å². The van der Waals surface area contributed by atoms with Crippen LogP contribution in [0.5, 0.6) is 46.0 Å². The van der Waals surface area contributed by atoms with Gasteiger partial charge in [-0.15, -0.1) is 0 Å². The minimum absolute atomic E-state index is 0.0416. The Hall–Kier alpha value is -8.00. The molecule has 0 spiro atoms. The predicted molar refractivity (Wildman–Crippen MR) is 401 cm³/mol. The third-order valence-corrected chi connectivity index (χ3v) is 22.4. The van der Waals surface area contributed by atoms with Crippen LogP contribution >= 0.6 is 0 Å².